The number of nitrogens with zero attached hydrogens (tertiary/aromatic N) is 2. The highest BCUT2D eigenvalue weighted by molar-refractivity contribution is 5.82. The second-order valence-electron chi connectivity index (χ2n) is 7.66. The van der Waals surface area contributed by atoms with Crippen molar-refractivity contribution in [1.29, 1.82) is 0 Å². The van der Waals surface area contributed by atoms with Gasteiger partial charge in [0.2, 0.25) is 5.91 Å². The summed E-state index contributed by atoms with van der Waals surface area (Å²) in [4.78, 5) is 16.9. The molecular weight excluding hydrogens is 252 g/mol. The van der Waals surface area contributed by atoms with Crippen molar-refractivity contribution in [3.8, 4) is 0 Å². The molecule has 1 aliphatic rings. The van der Waals surface area contributed by atoms with Crippen LogP contribution in [0.1, 0.15) is 34.6 Å². The topological polar surface area (TPSA) is 61.6 Å². The molecule has 0 aromatic carbocycles. The maximum atomic E-state index is 12.1. The second-order valence-corrected chi connectivity index (χ2v) is 7.66. The third kappa shape index (κ3) is 4.72. The van der Waals surface area contributed by atoms with Crippen molar-refractivity contribution in [2.45, 2.75) is 46.2 Å². The van der Waals surface area contributed by atoms with Crippen LogP contribution in [0.15, 0.2) is 0 Å². The van der Waals surface area contributed by atoms with E-state index in [0.29, 0.717) is 6.54 Å². The van der Waals surface area contributed by atoms with Crippen molar-refractivity contribution in [2.24, 2.45) is 11.1 Å². The summed E-state index contributed by atoms with van der Waals surface area (Å²) < 4.78 is 0. The van der Waals surface area contributed by atoms with Gasteiger partial charge in [0.05, 0.1) is 6.04 Å². The summed E-state index contributed by atoms with van der Waals surface area (Å²) in [5.74, 6) is -0.0558. The van der Waals surface area contributed by atoms with Crippen molar-refractivity contribution in [3.05, 3.63) is 0 Å². The van der Waals surface area contributed by atoms with Crippen LogP contribution in [-0.2, 0) is 4.79 Å². The minimum absolute atomic E-state index is 0.0332. The van der Waals surface area contributed by atoms with E-state index in [1.54, 1.807) is 0 Å². The Morgan fingerprint density at radius 3 is 2.10 bits per heavy atom. The summed E-state index contributed by atoms with van der Waals surface area (Å²) in [5, 5.41) is 3.02. The smallest absolute Gasteiger partial charge is 0.237 e. The lowest BCUT2D eigenvalue weighted by molar-refractivity contribution is -0.125. The van der Waals surface area contributed by atoms with Gasteiger partial charge in [0.1, 0.15) is 0 Å². The highest BCUT2D eigenvalue weighted by Crippen LogP contribution is 2.19. The van der Waals surface area contributed by atoms with Crippen LogP contribution >= 0.6 is 0 Å². The van der Waals surface area contributed by atoms with E-state index in [9.17, 15) is 4.79 Å². The number of rotatable bonds is 4. The summed E-state index contributed by atoms with van der Waals surface area (Å²) in [6.45, 7) is 15.2. The fourth-order valence-corrected chi connectivity index (χ4v) is 2.33. The molecule has 1 heterocycles. The van der Waals surface area contributed by atoms with Crippen molar-refractivity contribution >= 4 is 5.91 Å². The quantitative estimate of drug-likeness (QED) is 0.789. The Hall–Kier alpha value is -0.650. The Morgan fingerprint density at radius 1 is 1.15 bits per heavy atom. The molecule has 1 atom stereocenters. The predicted molar refractivity (Wildman–Crippen MR) is 83.6 cm³/mol. The van der Waals surface area contributed by atoms with Gasteiger partial charge in [0, 0.05) is 38.3 Å². The maximum Gasteiger partial charge on any atom is 0.237 e. The molecule has 0 aromatic heterocycles. The van der Waals surface area contributed by atoms with Crippen LogP contribution in [0.3, 0.4) is 0 Å². The molecule has 118 valence electrons. The number of carbonyl (C=O) groups is 1. The summed E-state index contributed by atoms with van der Waals surface area (Å²) in [5.41, 5.74) is 5.75. The van der Waals surface area contributed by atoms with Gasteiger partial charge in [-0.05, 0) is 26.3 Å². The number of nitrogens with two attached hydrogens (primary N) is 1. The minimum Gasteiger partial charge on any atom is -0.353 e. The van der Waals surface area contributed by atoms with E-state index < -0.39 is 6.04 Å². The SMILES string of the molecule is CN1CCN(C(C)(C)CNC(=O)C(N)C(C)(C)C)CC1. The van der Waals surface area contributed by atoms with E-state index in [-0.39, 0.29) is 16.9 Å². The molecule has 0 aromatic rings. The lowest BCUT2D eigenvalue weighted by Crippen LogP contribution is -2.59. The van der Waals surface area contributed by atoms with Crippen molar-refractivity contribution in [2.75, 3.05) is 39.8 Å². The molecule has 0 radical (unpaired) electrons. The number of piperazine rings is 1. The summed E-state index contributed by atoms with van der Waals surface area (Å²) in [6.07, 6.45) is 0. The fourth-order valence-electron chi connectivity index (χ4n) is 2.33. The van der Waals surface area contributed by atoms with Crippen LogP contribution in [-0.4, -0.2) is 67.1 Å². The molecule has 0 saturated carbocycles. The zero-order valence-corrected chi connectivity index (χ0v) is 14.0. The van der Waals surface area contributed by atoms with Crippen LogP contribution in [0.25, 0.3) is 0 Å². The van der Waals surface area contributed by atoms with Crippen LogP contribution in [0.5, 0.6) is 0 Å². The van der Waals surface area contributed by atoms with Gasteiger partial charge in [-0.15, -0.1) is 0 Å². The number of amides is 1. The van der Waals surface area contributed by atoms with Crippen LogP contribution in [0.4, 0.5) is 0 Å². The molecule has 0 spiro atoms. The highest BCUT2D eigenvalue weighted by atomic mass is 16.2. The Kier molecular flexibility index (Phi) is 5.58. The average molecular weight is 284 g/mol. The Balaban J connectivity index is 2.49. The van der Waals surface area contributed by atoms with Crippen molar-refractivity contribution in [1.82, 2.24) is 15.1 Å². The standard InChI is InChI=1S/C15H32N4O/c1-14(2,3)12(16)13(20)17-11-15(4,5)19-9-7-18(6)8-10-19/h12H,7-11,16H2,1-6H3,(H,17,20). The predicted octanol–water partition coefficient (Wildman–Crippen LogP) is 0.502. The first-order valence-electron chi connectivity index (χ1n) is 7.51. The lowest BCUT2D eigenvalue weighted by Gasteiger charge is -2.43. The van der Waals surface area contributed by atoms with Crippen molar-refractivity contribution in [3.63, 3.8) is 0 Å². The Labute approximate surface area is 123 Å². The third-order valence-electron chi connectivity index (χ3n) is 4.27. The number of hydrogen-bond acceptors (Lipinski definition) is 4. The Bertz CT molecular complexity index is 327. The van der Waals surface area contributed by atoms with Gasteiger partial charge >= 0.3 is 0 Å². The molecule has 1 unspecified atom stereocenters. The van der Waals surface area contributed by atoms with E-state index in [0.717, 1.165) is 26.2 Å². The van der Waals surface area contributed by atoms with E-state index in [2.05, 4.69) is 36.0 Å². The largest absolute Gasteiger partial charge is 0.353 e. The van der Waals surface area contributed by atoms with Gasteiger partial charge < -0.3 is 16.0 Å². The normalized spacial score (nSPS) is 20.8. The van der Waals surface area contributed by atoms with E-state index in [4.69, 9.17) is 5.73 Å². The van der Waals surface area contributed by atoms with Gasteiger partial charge in [-0.3, -0.25) is 9.69 Å². The van der Waals surface area contributed by atoms with Crippen molar-refractivity contribution < 1.29 is 4.79 Å². The second kappa shape index (κ2) is 6.41. The molecule has 5 nitrogen and oxygen atoms in total. The summed E-state index contributed by atoms with van der Waals surface area (Å²) in [7, 11) is 2.15. The van der Waals surface area contributed by atoms with Gasteiger partial charge in [-0.2, -0.15) is 0 Å². The first kappa shape index (κ1) is 17.4. The van der Waals surface area contributed by atoms with E-state index in [1.165, 1.54) is 0 Å². The first-order valence-corrected chi connectivity index (χ1v) is 7.51. The van der Waals surface area contributed by atoms with Gasteiger partial charge in [-0.25, -0.2) is 0 Å². The molecule has 1 saturated heterocycles. The van der Waals surface area contributed by atoms with Crippen LogP contribution < -0.4 is 11.1 Å². The molecule has 0 aliphatic carbocycles. The molecule has 1 rings (SSSR count). The molecule has 5 heteroatoms. The lowest BCUT2D eigenvalue weighted by atomic mass is 9.87. The number of carbonyl (C=O) groups excluding carboxylic acids is 1. The zero-order valence-electron chi connectivity index (χ0n) is 14.0. The van der Waals surface area contributed by atoms with E-state index in [1.807, 2.05) is 20.8 Å². The average Bonchev–Trinajstić information content (AvgIpc) is 2.34. The maximum absolute atomic E-state index is 12.1. The monoisotopic (exact) mass is 284 g/mol. The fraction of sp³-hybridized carbons (Fsp3) is 0.933. The molecule has 1 fully saturated rings. The van der Waals surface area contributed by atoms with Crippen LogP contribution in [0.2, 0.25) is 0 Å². The molecule has 3 N–H and O–H groups in total. The molecule has 1 aliphatic heterocycles. The van der Waals surface area contributed by atoms with Gasteiger partial charge in [-0.1, -0.05) is 20.8 Å². The minimum atomic E-state index is -0.467. The highest BCUT2D eigenvalue weighted by Gasteiger charge is 2.32. The van der Waals surface area contributed by atoms with Gasteiger partial charge in [0.25, 0.3) is 0 Å². The third-order valence-corrected chi connectivity index (χ3v) is 4.27. The van der Waals surface area contributed by atoms with E-state index >= 15 is 0 Å². The Morgan fingerprint density at radius 2 is 1.65 bits per heavy atom. The number of hydrogen-bond donors (Lipinski definition) is 2. The molecule has 1 amide bonds. The molecular formula is C15H32N4O. The van der Waals surface area contributed by atoms with Crippen LogP contribution in [0, 0.1) is 5.41 Å². The van der Waals surface area contributed by atoms with Gasteiger partial charge in [0.15, 0.2) is 0 Å². The first-order chi connectivity index (χ1) is 9.04. The molecule has 0 bridgehead atoms. The number of nitrogens with one attached hydrogen (secondary N) is 1. The summed E-state index contributed by atoms with van der Waals surface area (Å²) >= 11 is 0. The zero-order chi connectivity index (χ0) is 15.6. The molecule has 20 heavy (non-hydrogen) atoms. The summed E-state index contributed by atoms with van der Waals surface area (Å²) in [6, 6.07) is -0.467. The number of likely N-dealkylation sites (N-methyl/N-ethyl adjacent to an activating group) is 1.